The molecule has 72 heavy (non-hydrogen) atoms. The van der Waals surface area contributed by atoms with E-state index < -0.39 is 12.1 Å². The number of aliphatic hydroxyl groups is 2. The standard InChI is InChI=1S/C68H125NO3/c1-3-5-7-9-11-13-15-17-19-21-23-24-25-26-27-28-29-30-31-32-33-34-35-36-37-38-39-40-41-42-43-44-46-48-50-52-54-56-58-60-62-64-68(72)69-66(65-70)67(71)63-61-59-57-55-53-51-49-47-45-22-20-18-16-14-12-10-8-6-4-2/h5,7,11,13,17,19,23-24,26-27,61,63,66-67,70-71H,3-4,6,8-10,12,14-16,18,20-22,25,28-60,62,64-65H2,1-2H3,(H,69,72)/b7-5-,13-11-,19-17-,24-23-,27-26-,63-61+. The zero-order valence-corrected chi connectivity index (χ0v) is 48.4. The predicted molar refractivity (Wildman–Crippen MR) is 322 cm³/mol. The van der Waals surface area contributed by atoms with Crippen molar-refractivity contribution in [1.29, 1.82) is 0 Å². The first-order valence-corrected chi connectivity index (χ1v) is 32.2. The Balaban J connectivity index is 3.41. The summed E-state index contributed by atoms with van der Waals surface area (Å²) in [6, 6.07) is -0.622. The molecule has 0 spiro atoms. The van der Waals surface area contributed by atoms with E-state index in [0.717, 1.165) is 57.8 Å². The highest BCUT2D eigenvalue weighted by molar-refractivity contribution is 5.76. The van der Waals surface area contributed by atoms with Crippen molar-refractivity contribution in [3.8, 4) is 0 Å². The Kier molecular flexibility index (Phi) is 61.2. The molecule has 0 aromatic carbocycles. The van der Waals surface area contributed by atoms with Gasteiger partial charge in [-0.2, -0.15) is 0 Å². The van der Waals surface area contributed by atoms with E-state index in [0.29, 0.717) is 6.42 Å². The second-order valence-corrected chi connectivity index (χ2v) is 21.8. The van der Waals surface area contributed by atoms with Crippen LogP contribution in [0.1, 0.15) is 335 Å². The molecule has 0 aliphatic carbocycles. The number of hydrogen-bond donors (Lipinski definition) is 3. The summed E-state index contributed by atoms with van der Waals surface area (Å²) in [6.45, 7) is 4.22. The molecule has 0 bridgehead atoms. The first-order valence-electron chi connectivity index (χ1n) is 32.2. The molecule has 0 radical (unpaired) electrons. The minimum atomic E-state index is -0.839. The second kappa shape index (κ2) is 63.1. The molecule has 2 atom stereocenters. The van der Waals surface area contributed by atoms with Crippen molar-refractivity contribution < 1.29 is 15.0 Å². The lowest BCUT2D eigenvalue weighted by molar-refractivity contribution is -0.123. The number of carbonyl (C=O) groups excluding carboxylic acids is 1. The quantitative estimate of drug-likeness (QED) is 0.0420. The normalized spacial score (nSPS) is 13.2. The van der Waals surface area contributed by atoms with E-state index in [1.807, 2.05) is 6.08 Å². The van der Waals surface area contributed by atoms with Gasteiger partial charge in [-0.1, -0.05) is 337 Å². The number of unbranched alkanes of at least 4 members (excludes halogenated alkanes) is 42. The van der Waals surface area contributed by atoms with Gasteiger partial charge in [0.05, 0.1) is 18.8 Å². The molecule has 4 nitrogen and oxygen atoms in total. The summed E-state index contributed by atoms with van der Waals surface area (Å²) in [5.74, 6) is -0.0584. The number of carbonyl (C=O) groups is 1. The molecule has 4 heteroatoms. The van der Waals surface area contributed by atoms with Gasteiger partial charge in [-0.15, -0.1) is 0 Å². The second-order valence-electron chi connectivity index (χ2n) is 21.8. The van der Waals surface area contributed by atoms with Crippen LogP contribution in [0.5, 0.6) is 0 Å². The van der Waals surface area contributed by atoms with Gasteiger partial charge >= 0.3 is 0 Å². The molecule has 2 unspecified atom stereocenters. The van der Waals surface area contributed by atoms with E-state index in [9.17, 15) is 15.0 Å². The van der Waals surface area contributed by atoms with Gasteiger partial charge in [-0.05, 0) is 64.2 Å². The van der Waals surface area contributed by atoms with Crippen molar-refractivity contribution in [2.75, 3.05) is 6.61 Å². The number of allylic oxidation sites excluding steroid dienone is 11. The molecule has 3 N–H and O–H groups in total. The highest BCUT2D eigenvalue weighted by Crippen LogP contribution is 2.18. The fourth-order valence-corrected chi connectivity index (χ4v) is 9.86. The molecule has 0 fully saturated rings. The topological polar surface area (TPSA) is 69.6 Å². The van der Waals surface area contributed by atoms with Gasteiger partial charge in [-0.25, -0.2) is 0 Å². The molecule has 0 aliphatic rings. The Morgan fingerprint density at radius 3 is 0.917 bits per heavy atom. The minimum Gasteiger partial charge on any atom is -0.394 e. The van der Waals surface area contributed by atoms with Crippen molar-refractivity contribution in [3.63, 3.8) is 0 Å². The summed E-state index contributed by atoms with van der Waals surface area (Å²) in [6.07, 6.45) is 91.1. The Labute approximate surface area is 450 Å². The Hall–Kier alpha value is -2.17. The number of amides is 1. The third-order valence-corrected chi connectivity index (χ3v) is 14.7. The van der Waals surface area contributed by atoms with Crippen molar-refractivity contribution in [1.82, 2.24) is 5.32 Å². The summed E-state index contributed by atoms with van der Waals surface area (Å²) in [4.78, 5) is 12.5. The van der Waals surface area contributed by atoms with Crippen LogP contribution in [0.25, 0.3) is 0 Å². The number of rotatable bonds is 59. The maximum atomic E-state index is 12.5. The van der Waals surface area contributed by atoms with Gasteiger partial charge < -0.3 is 15.5 Å². The van der Waals surface area contributed by atoms with Crippen LogP contribution in [-0.2, 0) is 4.79 Å². The van der Waals surface area contributed by atoms with E-state index in [-0.39, 0.29) is 12.5 Å². The van der Waals surface area contributed by atoms with Crippen LogP contribution in [0, 0.1) is 0 Å². The van der Waals surface area contributed by atoms with E-state index in [4.69, 9.17) is 0 Å². The first-order chi connectivity index (χ1) is 35.7. The maximum Gasteiger partial charge on any atom is 0.220 e. The third kappa shape index (κ3) is 58.7. The number of hydrogen-bond acceptors (Lipinski definition) is 3. The van der Waals surface area contributed by atoms with Crippen molar-refractivity contribution in [2.45, 2.75) is 347 Å². The highest BCUT2D eigenvalue weighted by Gasteiger charge is 2.18. The van der Waals surface area contributed by atoms with Gasteiger partial charge in [0.2, 0.25) is 5.91 Å². The average Bonchev–Trinajstić information content (AvgIpc) is 3.39. The molecule has 0 saturated carbocycles. The average molecular weight is 1000 g/mol. The fourth-order valence-electron chi connectivity index (χ4n) is 9.86. The summed E-state index contributed by atoms with van der Waals surface area (Å²) in [7, 11) is 0. The Morgan fingerprint density at radius 1 is 0.347 bits per heavy atom. The van der Waals surface area contributed by atoms with E-state index in [1.54, 1.807) is 6.08 Å². The van der Waals surface area contributed by atoms with Crippen LogP contribution in [0.4, 0.5) is 0 Å². The van der Waals surface area contributed by atoms with Crippen LogP contribution in [0.15, 0.2) is 72.9 Å². The zero-order valence-electron chi connectivity index (χ0n) is 48.4. The molecule has 0 heterocycles. The molecule has 0 saturated heterocycles. The molecule has 0 aromatic heterocycles. The van der Waals surface area contributed by atoms with Crippen LogP contribution in [0.3, 0.4) is 0 Å². The molecule has 420 valence electrons. The van der Waals surface area contributed by atoms with Gasteiger partial charge in [0, 0.05) is 6.42 Å². The molecular weight excluding hydrogens is 879 g/mol. The van der Waals surface area contributed by atoms with Crippen LogP contribution in [0.2, 0.25) is 0 Å². The molecule has 0 aliphatic heterocycles. The van der Waals surface area contributed by atoms with Gasteiger partial charge in [0.15, 0.2) is 0 Å². The Morgan fingerprint density at radius 2 is 0.611 bits per heavy atom. The summed E-state index contributed by atoms with van der Waals surface area (Å²) in [5.41, 5.74) is 0. The van der Waals surface area contributed by atoms with Crippen LogP contribution < -0.4 is 5.32 Å². The van der Waals surface area contributed by atoms with Crippen LogP contribution in [-0.4, -0.2) is 34.9 Å². The predicted octanol–water partition coefficient (Wildman–Crippen LogP) is 21.7. The highest BCUT2D eigenvalue weighted by atomic mass is 16.3. The number of aliphatic hydroxyl groups excluding tert-OH is 2. The molecule has 0 aromatic rings. The van der Waals surface area contributed by atoms with Crippen molar-refractivity contribution in [2.24, 2.45) is 0 Å². The largest absolute Gasteiger partial charge is 0.394 e. The molecule has 0 rings (SSSR count). The third-order valence-electron chi connectivity index (χ3n) is 14.7. The summed E-state index contributed by atoms with van der Waals surface area (Å²) < 4.78 is 0. The van der Waals surface area contributed by atoms with Gasteiger partial charge in [-0.3, -0.25) is 4.79 Å². The van der Waals surface area contributed by atoms with E-state index >= 15 is 0 Å². The van der Waals surface area contributed by atoms with Crippen LogP contribution >= 0.6 is 0 Å². The molecule has 1 amide bonds. The van der Waals surface area contributed by atoms with Crippen molar-refractivity contribution in [3.05, 3.63) is 72.9 Å². The summed E-state index contributed by atoms with van der Waals surface area (Å²) >= 11 is 0. The number of nitrogens with one attached hydrogen (secondary N) is 1. The minimum absolute atomic E-state index is 0.0584. The van der Waals surface area contributed by atoms with E-state index in [2.05, 4.69) is 79.9 Å². The maximum absolute atomic E-state index is 12.5. The lowest BCUT2D eigenvalue weighted by Gasteiger charge is -2.20. The lowest BCUT2D eigenvalue weighted by Crippen LogP contribution is -2.45. The summed E-state index contributed by atoms with van der Waals surface area (Å²) in [5, 5.41) is 23.2. The lowest BCUT2D eigenvalue weighted by atomic mass is 10.0. The monoisotopic (exact) mass is 1000 g/mol. The van der Waals surface area contributed by atoms with E-state index in [1.165, 1.54) is 257 Å². The molecular formula is C68H125NO3. The van der Waals surface area contributed by atoms with Gasteiger partial charge in [0.25, 0.3) is 0 Å². The Bertz CT molecular complexity index is 1230. The first kappa shape index (κ1) is 69.8. The van der Waals surface area contributed by atoms with Crippen molar-refractivity contribution >= 4 is 5.91 Å². The smallest absolute Gasteiger partial charge is 0.220 e. The zero-order chi connectivity index (χ0) is 52.0. The fraction of sp³-hybridized carbons (Fsp3) is 0.809. The van der Waals surface area contributed by atoms with Gasteiger partial charge in [0.1, 0.15) is 0 Å². The SMILES string of the molecule is CC/C=C\C/C=C\C/C=C\C/C=C\C/C=C\CCCCCCCCCCCCCCCCCCCCCCCCCCCC(=O)NC(CO)C(O)/C=C/CCCCCCCCCCCCCCCCCCC.